The number of amides is 1. The second kappa shape index (κ2) is 7.28. The van der Waals surface area contributed by atoms with E-state index in [9.17, 15) is 4.79 Å². The third-order valence-electron chi connectivity index (χ3n) is 1.98. The SMILES string of the molecule is CCCC(=O)NCCOc1ccc(Br)cc1. The van der Waals surface area contributed by atoms with Gasteiger partial charge in [-0.1, -0.05) is 22.9 Å². The summed E-state index contributed by atoms with van der Waals surface area (Å²) in [5, 5.41) is 2.79. The summed E-state index contributed by atoms with van der Waals surface area (Å²) < 4.78 is 6.48. The first-order chi connectivity index (χ1) is 7.72. The van der Waals surface area contributed by atoms with Crippen molar-refractivity contribution in [3.05, 3.63) is 28.7 Å². The molecule has 0 aliphatic rings. The molecule has 1 amide bonds. The number of ether oxygens (including phenoxy) is 1. The molecule has 3 nitrogen and oxygen atoms in total. The summed E-state index contributed by atoms with van der Waals surface area (Å²) in [5.74, 6) is 0.898. The van der Waals surface area contributed by atoms with E-state index in [2.05, 4.69) is 21.2 Å². The molecule has 0 fully saturated rings. The van der Waals surface area contributed by atoms with Crippen LogP contribution >= 0.6 is 15.9 Å². The number of benzene rings is 1. The maximum absolute atomic E-state index is 11.1. The maximum Gasteiger partial charge on any atom is 0.220 e. The van der Waals surface area contributed by atoms with Gasteiger partial charge in [-0.25, -0.2) is 0 Å². The number of hydrogen-bond donors (Lipinski definition) is 1. The van der Waals surface area contributed by atoms with Crippen LogP contribution in [0.25, 0.3) is 0 Å². The number of carbonyl (C=O) groups excluding carboxylic acids is 1. The molecule has 0 aromatic heterocycles. The van der Waals surface area contributed by atoms with E-state index < -0.39 is 0 Å². The third kappa shape index (κ3) is 5.16. The Hall–Kier alpha value is -1.03. The average molecular weight is 286 g/mol. The van der Waals surface area contributed by atoms with Crippen LogP contribution in [0.3, 0.4) is 0 Å². The number of hydrogen-bond acceptors (Lipinski definition) is 2. The van der Waals surface area contributed by atoms with E-state index in [1.54, 1.807) is 0 Å². The second-order valence-electron chi connectivity index (χ2n) is 3.40. The van der Waals surface area contributed by atoms with Gasteiger partial charge in [-0.05, 0) is 30.7 Å². The molecule has 0 saturated carbocycles. The molecule has 1 aromatic rings. The summed E-state index contributed by atoms with van der Waals surface area (Å²) in [7, 11) is 0. The molecule has 16 heavy (non-hydrogen) atoms. The third-order valence-corrected chi connectivity index (χ3v) is 2.51. The molecular formula is C12H16BrNO2. The van der Waals surface area contributed by atoms with Crippen LogP contribution in [0.4, 0.5) is 0 Å². The largest absolute Gasteiger partial charge is 0.492 e. The molecule has 0 saturated heterocycles. The zero-order valence-corrected chi connectivity index (χ0v) is 10.9. The van der Waals surface area contributed by atoms with Crippen LogP contribution < -0.4 is 10.1 Å². The molecule has 88 valence electrons. The predicted octanol–water partition coefficient (Wildman–Crippen LogP) is 2.74. The summed E-state index contributed by atoms with van der Waals surface area (Å²) >= 11 is 3.35. The highest BCUT2D eigenvalue weighted by Crippen LogP contribution is 2.15. The highest BCUT2D eigenvalue weighted by molar-refractivity contribution is 9.10. The van der Waals surface area contributed by atoms with Crippen molar-refractivity contribution in [1.29, 1.82) is 0 Å². The second-order valence-corrected chi connectivity index (χ2v) is 4.32. The molecule has 0 unspecified atom stereocenters. The smallest absolute Gasteiger partial charge is 0.220 e. The lowest BCUT2D eigenvalue weighted by Gasteiger charge is -2.07. The summed E-state index contributed by atoms with van der Waals surface area (Å²) in [4.78, 5) is 11.1. The minimum atomic E-state index is 0.0851. The van der Waals surface area contributed by atoms with Gasteiger partial charge in [0.1, 0.15) is 12.4 Å². The summed E-state index contributed by atoms with van der Waals surface area (Å²) in [6.45, 7) is 3.03. The molecule has 0 bridgehead atoms. The lowest BCUT2D eigenvalue weighted by Crippen LogP contribution is -2.27. The van der Waals surface area contributed by atoms with Crippen LogP contribution in [0.2, 0.25) is 0 Å². The van der Waals surface area contributed by atoms with Gasteiger partial charge in [-0.2, -0.15) is 0 Å². The highest BCUT2D eigenvalue weighted by atomic mass is 79.9. The lowest BCUT2D eigenvalue weighted by molar-refractivity contribution is -0.121. The van der Waals surface area contributed by atoms with Gasteiger partial charge >= 0.3 is 0 Å². The zero-order valence-electron chi connectivity index (χ0n) is 9.33. The van der Waals surface area contributed by atoms with Gasteiger partial charge in [0.05, 0.1) is 6.54 Å². The van der Waals surface area contributed by atoms with E-state index in [4.69, 9.17) is 4.74 Å². The Morgan fingerprint density at radius 3 is 2.69 bits per heavy atom. The summed E-state index contributed by atoms with van der Waals surface area (Å²) in [5.41, 5.74) is 0. The van der Waals surface area contributed by atoms with Crippen molar-refractivity contribution >= 4 is 21.8 Å². The van der Waals surface area contributed by atoms with Crippen LogP contribution in [-0.2, 0) is 4.79 Å². The van der Waals surface area contributed by atoms with Crippen LogP contribution in [0.15, 0.2) is 28.7 Å². The Balaban J connectivity index is 2.16. The normalized spacial score (nSPS) is 9.88. The van der Waals surface area contributed by atoms with Gasteiger partial charge in [0, 0.05) is 10.9 Å². The Kier molecular flexibility index (Phi) is 5.93. The number of nitrogens with one attached hydrogen (secondary N) is 1. The number of rotatable bonds is 6. The molecule has 0 radical (unpaired) electrons. The molecule has 1 aromatic carbocycles. The van der Waals surface area contributed by atoms with E-state index in [1.807, 2.05) is 31.2 Å². The van der Waals surface area contributed by atoms with Crippen molar-refractivity contribution < 1.29 is 9.53 Å². The predicted molar refractivity (Wildman–Crippen MR) is 67.6 cm³/mol. The van der Waals surface area contributed by atoms with Gasteiger partial charge < -0.3 is 10.1 Å². The van der Waals surface area contributed by atoms with Crippen molar-refractivity contribution in [2.75, 3.05) is 13.2 Å². The van der Waals surface area contributed by atoms with E-state index in [0.717, 1.165) is 16.6 Å². The van der Waals surface area contributed by atoms with E-state index in [0.29, 0.717) is 19.6 Å². The zero-order chi connectivity index (χ0) is 11.8. The first kappa shape index (κ1) is 13.0. The molecule has 0 spiro atoms. The van der Waals surface area contributed by atoms with E-state index >= 15 is 0 Å². The number of halogens is 1. The Morgan fingerprint density at radius 1 is 1.38 bits per heavy atom. The summed E-state index contributed by atoms with van der Waals surface area (Å²) in [6.07, 6.45) is 1.46. The molecule has 4 heteroatoms. The standard InChI is InChI=1S/C12H16BrNO2/c1-2-3-12(15)14-8-9-16-11-6-4-10(13)5-7-11/h4-7H,2-3,8-9H2,1H3,(H,14,15). The molecule has 0 atom stereocenters. The topological polar surface area (TPSA) is 38.3 Å². The Bertz CT molecular complexity index is 324. The molecule has 0 aliphatic heterocycles. The average Bonchev–Trinajstić information content (AvgIpc) is 2.27. The van der Waals surface area contributed by atoms with E-state index in [1.165, 1.54) is 0 Å². The highest BCUT2D eigenvalue weighted by Gasteiger charge is 1.98. The van der Waals surface area contributed by atoms with Gasteiger partial charge in [-0.15, -0.1) is 0 Å². The first-order valence-corrected chi connectivity index (χ1v) is 6.16. The fourth-order valence-corrected chi connectivity index (χ4v) is 1.47. The van der Waals surface area contributed by atoms with Crippen molar-refractivity contribution in [3.63, 3.8) is 0 Å². The van der Waals surface area contributed by atoms with Crippen LogP contribution in [0, 0.1) is 0 Å². The molecular weight excluding hydrogens is 270 g/mol. The van der Waals surface area contributed by atoms with Gasteiger partial charge in [0.2, 0.25) is 5.91 Å². The van der Waals surface area contributed by atoms with Crippen molar-refractivity contribution in [1.82, 2.24) is 5.32 Å². The fourth-order valence-electron chi connectivity index (χ4n) is 1.21. The fraction of sp³-hybridized carbons (Fsp3) is 0.417. The molecule has 0 aliphatic carbocycles. The van der Waals surface area contributed by atoms with Gasteiger partial charge in [-0.3, -0.25) is 4.79 Å². The number of carbonyl (C=O) groups is 1. The Morgan fingerprint density at radius 2 is 2.06 bits per heavy atom. The molecule has 0 heterocycles. The minimum absolute atomic E-state index is 0.0851. The van der Waals surface area contributed by atoms with Crippen molar-refractivity contribution in [2.45, 2.75) is 19.8 Å². The molecule has 1 rings (SSSR count). The maximum atomic E-state index is 11.1. The lowest BCUT2D eigenvalue weighted by atomic mass is 10.3. The van der Waals surface area contributed by atoms with E-state index in [-0.39, 0.29) is 5.91 Å². The quantitative estimate of drug-likeness (QED) is 0.817. The molecule has 1 N–H and O–H groups in total. The van der Waals surface area contributed by atoms with Crippen LogP contribution in [-0.4, -0.2) is 19.1 Å². The monoisotopic (exact) mass is 285 g/mol. The van der Waals surface area contributed by atoms with Crippen LogP contribution in [0.1, 0.15) is 19.8 Å². The van der Waals surface area contributed by atoms with Gasteiger partial charge in [0.15, 0.2) is 0 Å². The van der Waals surface area contributed by atoms with Crippen molar-refractivity contribution in [2.24, 2.45) is 0 Å². The van der Waals surface area contributed by atoms with Crippen LogP contribution in [0.5, 0.6) is 5.75 Å². The van der Waals surface area contributed by atoms with Crippen molar-refractivity contribution in [3.8, 4) is 5.75 Å². The first-order valence-electron chi connectivity index (χ1n) is 5.37. The Labute approximate surface area is 104 Å². The van der Waals surface area contributed by atoms with Gasteiger partial charge in [0.25, 0.3) is 0 Å². The summed E-state index contributed by atoms with van der Waals surface area (Å²) in [6, 6.07) is 7.62. The minimum Gasteiger partial charge on any atom is -0.492 e.